The molecule has 1 heterocycles. The molecule has 0 radical (unpaired) electrons. The van der Waals surface area contributed by atoms with E-state index in [2.05, 4.69) is 48.3 Å². The molecular formula is C14H24N4. The van der Waals surface area contributed by atoms with Crippen LogP contribution in [0.1, 0.15) is 33.3 Å². The van der Waals surface area contributed by atoms with E-state index in [1.165, 1.54) is 0 Å². The summed E-state index contributed by atoms with van der Waals surface area (Å²) in [5.74, 6) is 2.29. The number of aryl methyl sites for hydroxylation is 1. The van der Waals surface area contributed by atoms with Crippen LogP contribution >= 0.6 is 0 Å². The zero-order valence-corrected chi connectivity index (χ0v) is 12.3. The van der Waals surface area contributed by atoms with Gasteiger partial charge in [0, 0.05) is 25.4 Å². The molecule has 1 saturated carbocycles. The van der Waals surface area contributed by atoms with Gasteiger partial charge in [-0.3, -0.25) is 0 Å². The molecule has 1 aromatic heterocycles. The summed E-state index contributed by atoms with van der Waals surface area (Å²) >= 11 is 0. The van der Waals surface area contributed by atoms with Crippen molar-refractivity contribution in [1.29, 1.82) is 0 Å². The zero-order valence-electron chi connectivity index (χ0n) is 12.3. The van der Waals surface area contributed by atoms with Crippen LogP contribution in [0, 0.1) is 23.7 Å². The molecule has 2 rings (SSSR count). The average molecular weight is 248 g/mol. The second kappa shape index (κ2) is 4.11. The SMILES string of the molecule is CNc1ncc(C)c(NCC2C(C)(C)C2(C)C)n1. The molecule has 1 aliphatic carbocycles. The van der Waals surface area contributed by atoms with Crippen molar-refractivity contribution in [2.75, 3.05) is 24.2 Å². The summed E-state index contributed by atoms with van der Waals surface area (Å²) in [5, 5.41) is 6.44. The summed E-state index contributed by atoms with van der Waals surface area (Å²) in [5.41, 5.74) is 1.91. The highest BCUT2D eigenvalue weighted by atomic mass is 15.1. The Morgan fingerprint density at radius 1 is 1.22 bits per heavy atom. The summed E-state index contributed by atoms with van der Waals surface area (Å²) < 4.78 is 0. The quantitative estimate of drug-likeness (QED) is 0.860. The molecule has 1 fully saturated rings. The van der Waals surface area contributed by atoms with E-state index in [0.29, 0.717) is 22.7 Å². The minimum atomic E-state index is 0.409. The van der Waals surface area contributed by atoms with Crippen molar-refractivity contribution in [1.82, 2.24) is 9.97 Å². The molecule has 18 heavy (non-hydrogen) atoms. The number of nitrogens with one attached hydrogen (secondary N) is 2. The molecule has 0 atom stereocenters. The van der Waals surface area contributed by atoms with Crippen molar-refractivity contribution in [2.45, 2.75) is 34.6 Å². The third kappa shape index (κ3) is 1.93. The number of hydrogen-bond acceptors (Lipinski definition) is 4. The Bertz CT molecular complexity index is 437. The maximum atomic E-state index is 4.45. The normalized spacial score (nSPS) is 20.6. The molecule has 100 valence electrons. The summed E-state index contributed by atoms with van der Waals surface area (Å²) in [6.45, 7) is 12.4. The first kappa shape index (κ1) is 13.1. The first-order valence-corrected chi connectivity index (χ1v) is 6.56. The second-order valence-corrected chi connectivity index (χ2v) is 6.35. The first-order valence-electron chi connectivity index (χ1n) is 6.56. The number of rotatable bonds is 4. The number of anilines is 2. The molecular weight excluding hydrogens is 224 g/mol. The first-order chi connectivity index (χ1) is 8.30. The minimum absolute atomic E-state index is 0.409. The zero-order chi connectivity index (χ0) is 13.6. The van der Waals surface area contributed by atoms with Gasteiger partial charge in [0.05, 0.1) is 0 Å². The fourth-order valence-electron chi connectivity index (χ4n) is 2.78. The molecule has 0 spiro atoms. The third-order valence-corrected chi connectivity index (χ3v) is 4.99. The highest BCUT2D eigenvalue weighted by Crippen LogP contribution is 2.68. The van der Waals surface area contributed by atoms with Gasteiger partial charge in [0.2, 0.25) is 5.95 Å². The summed E-state index contributed by atoms with van der Waals surface area (Å²) in [4.78, 5) is 8.65. The molecule has 0 bridgehead atoms. The van der Waals surface area contributed by atoms with Crippen LogP contribution in [0.3, 0.4) is 0 Å². The Hall–Kier alpha value is -1.32. The molecule has 0 aromatic carbocycles. The van der Waals surface area contributed by atoms with Crippen LogP contribution in [0.4, 0.5) is 11.8 Å². The highest BCUT2D eigenvalue weighted by Gasteiger charge is 2.64. The maximum Gasteiger partial charge on any atom is 0.224 e. The van der Waals surface area contributed by atoms with Crippen LogP contribution in [0.15, 0.2) is 6.20 Å². The lowest BCUT2D eigenvalue weighted by molar-refractivity contribution is 0.457. The maximum absolute atomic E-state index is 4.45. The van der Waals surface area contributed by atoms with Gasteiger partial charge < -0.3 is 10.6 Å². The number of hydrogen-bond donors (Lipinski definition) is 2. The second-order valence-electron chi connectivity index (χ2n) is 6.35. The van der Waals surface area contributed by atoms with Gasteiger partial charge in [0.15, 0.2) is 0 Å². The third-order valence-electron chi connectivity index (χ3n) is 4.99. The Labute approximate surface area is 110 Å². The Kier molecular flexibility index (Phi) is 2.99. The van der Waals surface area contributed by atoms with Gasteiger partial charge in [-0.25, -0.2) is 4.98 Å². The molecule has 0 saturated heterocycles. The van der Waals surface area contributed by atoms with E-state index in [1.807, 2.05) is 20.2 Å². The van der Waals surface area contributed by atoms with Crippen LogP contribution in [0.2, 0.25) is 0 Å². The Balaban J connectivity index is 2.04. The van der Waals surface area contributed by atoms with Gasteiger partial charge in [-0.2, -0.15) is 4.98 Å². The largest absolute Gasteiger partial charge is 0.369 e. The lowest BCUT2D eigenvalue weighted by Gasteiger charge is -2.10. The van der Waals surface area contributed by atoms with Crippen LogP contribution in [0.25, 0.3) is 0 Å². The smallest absolute Gasteiger partial charge is 0.224 e. The average Bonchev–Trinajstić information content (AvgIpc) is 2.69. The molecule has 1 aliphatic rings. The van der Waals surface area contributed by atoms with Crippen molar-refractivity contribution >= 4 is 11.8 Å². The van der Waals surface area contributed by atoms with Gasteiger partial charge in [-0.05, 0) is 23.7 Å². The van der Waals surface area contributed by atoms with Gasteiger partial charge in [-0.15, -0.1) is 0 Å². The van der Waals surface area contributed by atoms with Crippen LogP contribution in [0.5, 0.6) is 0 Å². The number of nitrogens with zero attached hydrogens (tertiary/aromatic N) is 2. The molecule has 1 aromatic rings. The van der Waals surface area contributed by atoms with Crippen LogP contribution in [-0.2, 0) is 0 Å². The molecule has 0 unspecified atom stereocenters. The predicted octanol–water partition coefficient (Wildman–Crippen LogP) is 2.92. The van der Waals surface area contributed by atoms with Gasteiger partial charge in [0.25, 0.3) is 0 Å². The summed E-state index contributed by atoms with van der Waals surface area (Å²) in [6, 6.07) is 0. The van der Waals surface area contributed by atoms with E-state index < -0.39 is 0 Å². The Morgan fingerprint density at radius 3 is 2.33 bits per heavy atom. The van der Waals surface area contributed by atoms with Crippen molar-refractivity contribution in [2.24, 2.45) is 16.7 Å². The van der Waals surface area contributed by atoms with Crippen molar-refractivity contribution in [3.05, 3.63) is 11.8 Å². The molecule has 2 N–H and O–H groups in total. The van der Waals surface area contributed by atoms with Gasteiger partial charge >= 0.3 is 0 Å². The van der Waals surface area contributed by atoms with E-state index in [1.54, 1.807) is 0 Å². The van der Waals surface area contributed by atoms with E-state index in [4.69, 9.17) is 0 Å². The van der Waals surface area contributed by atoms with Crippen molar-refractivity contribution in [3.8, 4) is 0 Å². The Morgan fingerprint density at radius 2 is 1.83 bits per heavy atom. The van der Waals surface area contributed by atoms with Gasteiger partial charge in [-0.1, -0.05) is 27.7 Å². The topological polar surface area (TPSA) is 49.8 Å². The fourth-order valence-corrected chi connectivity index (χ4v) is 2.78. The lowest BCUT2D eigenvalue weighted by atomic mass is 10.0. The molecule has 0 aliphatic heterocycles. The van der Waals surface area contributed by atoms with Crippen molar-refractivity contribution in [3.63, 3.8) is 0 Å². The highest BCUT2D eigenvalue weighted by molar-refractivity contribution is 5.46. The van der Waals surface area contributed by atoms with E-state index in [0.717, 1.165) is 17.9 Å². The minimum Gasteiger partial charge on any atom is -0.369 e. The van der Waals surface area contributed by atoms with Crippen LogP contribution in [-0.4, -0.2) is 23.6 Å². The predicted molar refractivity (Wildman–Crippen MR) is 75.9 cm³/mol. The monoisotopic (exact) mass is 248 g/mol. The summed E-state index contributed by atoms with van der Waals surface area (Å²) in [6.07, 6.45) is 1.85. The number of aromatic nitrogens is 2. The summed E-state index contributed by atoms with van der Waals surface area (Å²) in [7, 11) is 1.83. The lowest BCUT2D eigenvalue weighted by Crippen LogP contribution is -2.11. The fraction of sp³-hybridized carbons (Fsp3) is 0.714. The van der Waals surface area contributed by atoms with E-state index in [9.17, 15) is 0 Å². The van der Waals surface area contributed by atoms with Gasteiger partial charge in [0.1, 0.15) is 5.82 Å². The molecule has 0 amide bonds. The van der Waals surface area contributed by atoms with E-state index >= 15 is 0 Å². The molecule has 4 nitrogen and oxygen atoms in total. The van der Waals surface area contributed by atoms with E-state index in [-0.39, 0.29) is 0 Å². The van der Waals surface area contributed by atoms with Crippen molar-refractivity contribution < 1.29 is 0 Å². The molecule has 4 heteroatoms. The van der Waals surface area contributed by atoms with Crippen LogP contribution < -0.4 is 10.6 Å². The standard InChI is InChI=1S/C14H24N4/c1-9-7-17-12(15-6)18-11(9)16-8-10-13(2,3)14(10,4)5/h7,10H,8H2,1-6H3,(H2,15,16,17,18).